The van der Waals surface area contributed by atoms with Crippen LogP contribution in [0.25, 0.3) is 0 Å². The van der Waals surface area contributed by atoms with Crippen molar-refractivity contribution in [3.8, 4) is 11.6 Å². The average Bonchev–Trinajstić information content (AvgIpc) is 3.39. The molecule has 0 saturated carbocycles. The Balaban J connectivity index is 1.28. The number of anilines is 1. The molecule has 1 aliphatic heterocycles. The van der Waals surface area contributed by atoms with E-state index in [2.05, 4.69) is 20.6 Å². The van der Waals surface area contributed by atoms with Crippen LogP contribution in [0.15, 0.2) is 67.1 Å². The number of aromatic nitrogens is 2. The van der Waals surface area contributed by atoms with Crippen molar-refractivity contribution in [2.24, 2.45) is 0 Å². The Morgan fingerprint density at radius 2 is 1.76 bits per heavy atom. The minimum Gasteiger partial charge on any atom is -0.438 e. The van der Waals surface area contributed by atoms with Gasteiger partial charge < -0.3 is 20.3 Å². The van der Waals surface area contributed by atoms with Crippen molar-refractivity contribution < 1.29 is 19.1 Å². The number of rotatable bonds is 6. The maximum absolute atomic E-state index is 12.5. The first-order valence-electron chi connectivity index (χ1n) is 10.6. The Labute approximate surface area is 190 Å². The van der Waals surface area contributed by atoms with Gasteiger partial charge in [-0.15, -0.1) is 0 Å². The molecule has 2 aromatic carbocycles. The molecule has 9 heteroatoms. The summed E-state index contributed by atoms with van der Waals surface area (Å²) < 4.78 is 5.54. The summed E-state index contributed by atoms with van der Waals surface area (Å²) in [6.07, 6.45) is 6.59. The molecule has 9 nitrogen and oxygen atoms in total. The number of hydrogen-bond acceptors (Lipinski definition) is 6. The van der Waals surface area contributed by atoms with Crippen molar-refractivity contribution in [2.75, 3.05) is 18.4 Å². The molecular formula is C24H23N5O4. The lowest BCUT2D eigenvalue weighted by atomic mass is 10.1. The Morgan fingerprint density at radius 1 is 0.970 bits per heavy atom. The fourth-order valence-corrected chi connectivity index (χ4v) is 3.43. The third-order valence-corrected chi connectivity index (χ3v) is 5.10. The number of carbonyl (C=O) groups excluding carboxylic acids is 3. The van der Waals surface area contributed by atoms with E-state index < -0.39 is 11.8 Å². The SMILES string of the molecule is O=C(NCc1cccc(C(=O)N2CCCC2)c1)C(=O)Nc1ccc(Oc2cnccn2)cc1. The fourth-order valence-electron chi connectivity index (χ4n) is 3.43. The summed E-state index contributed by atoms with van der Waals surface area (Å²) in [6, 6.07) is 13.6. The number of benzene rings is 2. The third kappa shape index (κ3) is 5.91. The summed E-state index contributed by atoms with van der Waals surface area (Å²) in [5, 5.41) is 5.12. The van der Waals surface area contributed by atoms with Crippen LogP contribution in [-0.2, 0) is 16.1 Å². The first-order valence-corrected chi connectivity index (χ1v) is 10.6. The molecule has 0 atom stereocenters. The van der Waals surface area contributed by atoms with Gasteiger partial charge in [-0.25, -0.2) is 4.98 Å². The molecular weight excluding hydrogens is 422 g/mol. The van der Waals surface area contributed by atoms with E-state index in [9.17, 15) is 14.4 Å². The number of ether oxygens (including phenoxy) is 1. The highest BCUT2D eigenvalue weighted by Gasteiger charge is 2.20. The van der Waals surface area contributed by atoms with E-state index in [1.54, 1.807) is 54.7 Å². The molecule has 4 rings (SSSR count). The van der Waals surface area contributed by atoms with E-state index in [1.165, 1.54) is 12.4 Å². The number of nitrogens with zero attached hydrogens (tertiary/aromatic N) is 3. The van der Waals surface area contributed by atoms with Crippen LogP contribution in [0.4, 0.5) is 5.69 Å². The van der Waals surface area contributed by atoms with E-state index in [0.29, 0.717) is 22.9 Å². The zero-order chi connectivity index (χ0) is 23.0. The number of carbonyl (C=O) groups is 3. The van der Waals surface area contributed by atoms with Gasteiger partial charge in [-0.05, 0) is 54.8 Å². The van der Waals surface area contributed by atoms with Crippen molar-refractivity contribution in [2.45, 2.75) is 19.4 Å². The molecule has 0 radical (unpaired) electrons. The highest BCUT2D eigenvalue weighted by atomic mass is 16.5. The van der Waals surface area contributed by atoms with Gasteiger partial charge in [0.1, 0.15) is 5.75 Å². The van der Waals surface area contributed by atoms with Crippen LogP contribution in [-0.4, -0.2) is 45.7 Å². The standard InChI is InChI=1S/C24H23N5O4/c30-22(27-15-17-4-3-5-18(14-17)24(32)29-12-1-2-13-29)23(31)28-19-6-8-20(9-7-19)33-21-16-25-10-11-26-21/h3-11,14,16H,1-2,12-13,15H2,(H,27,30)(H,28,31). The molecule has 0 unspecified atom stereocenters. The zero-order valence-electron chi connectivity index (χ0n) is 17.9. The van der Waals surface area contributed by atoms with Gasteiger partial charge in [0.2, 0.25) is 5.88 Å². The molecule has 1 aliphatic rings. The number of likely N-dealkylation sites (tertiary alicyclic amines) is 1. The van der Waals surface area contributed by atoms with E-state index >= 15 is 0 Å². The van der Waals surface area contributed by atoms with E-state index in [1.807, 2.05) is 4.90 Å². The molecule has 168 valence electrons. The molecule has 0 spiro atoms. The van der Waals surface area contributed by atoms with Gasteiger partial charge in [-0.1, -0.05) is 12.1 Å². The molecule has 2 N–H and O–H groups in total. The van der Waals surface area contributed by atoms with Crippen molar-refractivity contribution in [1.29, 1.82) is 0 Å². The average molecular weight is 445 g/mol. The predicted molar refractivity (Wildman–Crippen MR) is 121 cm³/mol. The predicted octanol–water partition coefficient (Wildman–Crippen LogP) is 2.76. The Kier molecular flexibility index (Phi) is 6.89. The summed E-state index contributed by atoms with van der Waals surface area (Å²) in [7, 11) is 0. The summed E-state index contributed by atoms with van der Waals surface area (Å²) in [5.74, 6) is -0.709. The fraction of sp³-hybridized carbons (Fsp3) is 0.208. The zero-order valence-corrected chi connectivity index (χ0v) is 17.9. The molecule has 0 bridgehead atoms. The lowest BCUT2D eigenvalue weighted by Crippen LogP contribution is -2.35. The highest BCUT2D eigenvalue weighted by Crippen LogP contribution is 2.20. The van der Waals surface area contributed by atoms with Crippen molar-refractivity contribution >= 4 is 23.4 Å². The highest BCUT2D eigenvalue weighted by molar-refractivity contribution is 6.39. The smallest absolute Gasteiger partial charge is 0.313 e. The first-order chi connectivity index (χ1) is 16.1. The maximum Gasteiger partial charge on any atom is 0.313 e. The second-order valence-electron chi connectivity index (χ2n) is 7.51. The summed E-state index contributed by atoms with van der Waals surface area (Å²) in [5.41, 5.74) is 1.77. The number of nitrogens with one attached hydrogen (secondary N) is 2. The van der Waals surface area contributed by atoms with Gasteiger partial charge in [-0.2, -0.15) is 0 Å². The van der Waals surface area contributed by atoms with Crippen molar-refractivity contribution in [1.82, 2.24) is 20.2 Å². The third-order valence-electron chi connectivity index (χ3n) is 5.10. The van der Waals surface area contributed by atoms with Crippen LogP contribution < -0.4 is 15.4 Å². The topological polar surface area (TPSA) is 114 Å². The van der Waals surface area contributed by atoms with Crippen LogP contribution in [0.2, 0.25) is 0 Å². The Hall–Kier alpha value is -4.27. The maximum atomic E-state index is 12.5. The van der Waals surface area contributed by atoms with E-state index in [-0.39, 0.29) is 12.5 Å². The molecule has 33 heavy (non-hydrogen) atoms. The van der Waals surface area contributed by atoms with Crippen LogP contribution in [0.3, 0.4) is 0 Å². The van der Waals surface area contributed by atoms with E-state index in [4.69, 9.17) is 4.74 Å². The number of amides is 3. The van der Waals surface area contributed by atoms with Gasteiger partial charge in [0.15, 0.2) is 0 Å². The largest absolute Gasteiger partial charge is 0.438 e. The van der Waals surface area contributed by atoms with Gasteiger partial charge >= 0.3 is 11.8 Å². The van der Waals surface area contributed by atoms with Crippen LogP contribution in [0.1, 0.15) is 28.8 Å². The second-order valence-corrected chi connectivity index (χ2v) is 7.51. The lowest BCUT2D eigenvalue weighted by Gasteiger charge is -2.15. The van der Waals surface area contributed by atoms with E-state index in [0.717, 1.165) is 31.5 Å². The quantitative estimate of drug-likeness (QED) is 0.564. The van der Waals surface area contributed by atoms with Crippen LogP contribution in [0, 0.1) is 0 Å². The van der Waals surface area contributed by atoms with Gasteiger partial charge in [0.05, 0.1) is 6.20 Å². The van der Waals surface area contributed by atoms with Crippen molar-refractivity contribution in [3.05, 3.63) is 78.2 Å². The molecule has 3 amide bonds. The molecule has 1 saturated heterocycles. The monoisotopic (exact) mass is 445 g/mol. The molecule has 1 fully saturated rings. The minimum absolute atomic E-state index is 0.00912. The van der Waals surface area contributed by atoms with Crippen LogP contribution >= 0.6 is 0 Å². The van der Waals surface area contributed by atoms with Crippen LogP contribution in [0.5, 0.6) is 11.6 Å². The van der Waals surface area contributed by atoms with Gasteiger partial charge in [0, 0.05) is 43.3 Å². The first kappa shape index (κ1) is 21.9. The van der Waals surface area contributed by atoms with Crippen molar-refractivity contribution in [3.63, 3.8) is 0 Å². The summed E-state index contributed by atoms with van der Waals surface area (Å²) in [6.45, 7) is 1.68. The Morgan fingerprint density at radius 3 is 2.48 bits per heavy atom. The lowest BCUT2D eigenvalue weighted by molar-refractivity contribution is -0.136. The van der Waals surface area contributed by atoms with Gasteiger partial charge in [-0.3, -0.25) is 19.4 Å². The summed E-state index contributed by atoms with van der Waals surface area (Å²) >= 11 is 0. The van der Waals surface area contributed by atoms with Gasteiger partial charge in [0.25, 0.3) is 5.91 Å². The molecule has 0 aliphatic carbocycles. The second kappa shape index (κ2) is 10.4. The minimum atomic E-state index is -0.790. The Bertz CT molecular complexity index is 1130. The molecule has 1 aromatic heterocycles. The number of hydrogen-bond donors (Lipinski definition) is 2. The normalized spacial score (nSPS) is 12.8. The molecule has 3 aromatic rings. The molecule has 2 heterocycles. The summed E-state index contributed by atoms with van der Waals surface area (Å²) in [4.78, 5) is 46.7.